The van der Waals surface area contributed by atoms with E-state index in [0.717, 1.165) is 5.69 Å². The summed E-state index contributed by atoms with van der Waals surface area (Å²) in [6.45, 7) is 2.03. The molecule has 3 rings (SSSR count). The fourth-order valence-electron chi connectivity index (χ4n) is 2.50. The second-order valence-electron chi connectivity index (χ2n) is 5.54. The standard InChI is InChI=1S/C16H14BrClN6O2/c1-8-4-9(18)5-11(15(19)25)14(8)21-16(26)12-6-13(17)23-24(12)7-10-2-3-20-22-10/h2-6H,7H2,1H3,(H2,19,25)(H,20,22)(H,21,26). The Hall–Kier alpha value is -2.65. The van der Waals surface area contributed by atoms with Gasteiger partial charge < -0.3 is 11.1 Å². The normalized spacial score (nSPS) is 10.7. The van der Waals surface area contributed by atoms with Gasteiger partial charge in [0.1, 0.15) is 10.3 Å². The molecule has 0 fully saturated rings. The average molecular weight is 438 g/mol. The molecule has 0 saturated heterocycles. The maximum absolute atomic E-state index is 12.8. The average Bonchev–Trinajstić information content (AvgIpc) is 3.19. The molecule has 3 aromatic rings. The molecule has 2 amide bonds. The first-order chi connectivity index (χ1) is 12.3. The number of aromatic nitrogens is 4. The number of primary amides is 1. The van der Waals surface area contributed by atoms with Crippen LogP contribution in [0.15, 0.2) is 35.1 Å². The van der Waals surface area contributed by atoms with E-state index in [1.807, 2.05) is 0 Å². The first-order valence-electron chi connectivity index (χ1n) is 7.48. The lowest BCUT2D eigenvalue weighted by atomic mass is 10.1. The predicted molar refractivity (Wildman–Crippen MR) is 100 cm³/mol. The molecule has 0 saturated carbocycles. The maximum atomic E-state index is 12.8. The van der Waals surface area contributed by atoms with Gasteiger partial charge in [-0.25, -0.2) is 0 Å². The number of anilines is 1. The van der Waals surface area contributed by atoms with Crippen LogP contribution in [0.5, 0.6) is 0 Å². The van der Waals surface area contributed by atoms with Crippen LogP contribution in [0, 0.1) is 6.92 Å². The van der Waals surface area contributed by atoms with Gasteiger partial charge >= 0.3 is 0 Å². The molecule has 134 valence electrons. The van der Waals surface area contributed by atoms with Crippen molar-refractivity contribution in [1.82, 2.24) is 20.0 Å². The van der Waals surface area contributed by atoms with Gasteiger partial charge in [-0.1, -0.05) is 11.6 Å². The summed E-state index contributed by atoms with van der Waals surface area (Å²) >= 11 is 9.25. The van der Waals surface area contributed by atoms with Gasteiger partial charge in [0.25, 0.3) is 11.8 Å². The highest BCUT2D eigenvalue weighted by molar-refractivity contribution is 9.10. The molecule has 0 aliphatic carbocycles. The molecular weight excluding hydrogens is 424 g/mol. The van der Waals surface area contributed by atoms with E-state index in [2.05, 4.69) is 36.5 Å². The number of aromatic amines is 1. The number of H-pyrrole nitrogens is 1. The highest BCUT2D eigenvalue weighted by Crippen LogP contribution is 2.26. The molecule has 1 aromatic carbocycles. The summed E-state index contributed by atoms with van der Waals surface area (Å²) < 4.78 is 2.01. The van der Waals surface area contributed by atoms with Crippen LogP contribution in [-0.2, 0) is 6.54 Å². The van der Waals surface area contributed by atoms with Gasteiger partial charge in [0.15, 0.2) is 0 Å². The third-order valence-electron chi connectivity index (χ3n) is 3.66. The smallest absolute Gasteiger partial charge is 0.274 e. The molecule has 8 nitrogen and oxygen atoms in total. The SMILES string of the molecule is Cc1cc(Cl)cc(C(N)=O)c1NC(=O)c1cc(Br)nn1Cc1cc[nH]n1. The first-order valence-corrected chi connectivity index (χ1v) is 8.65. The topological polar surface area (TPSA) is 119 Å². The zero-order valence-corrected chi connectivity index (χ0v) is 15.9. The van der Waals surface area contributed by atoms with Crippen molar-refractivity contribution >= 4 is 45.0 Å². The summed E-state index contributed by atoms with van der Waals surface area (Å²) in [5.41, 5.74) is 7.50. The van der Waals surface area contributed by atoms with E-state index >= 15 is 0 Å². The number of amides is 2. The van der Waals surface area contributed by atoms with Crippen LogP contribution in [0.2, 0.25) is 5.02 Å². The number of nitrogens with one attached hydrogen (secondary N) is 2. The Labute approximate surface area is 161 Å². The number of nitrogens with two attached hydrogens (primary N) is 1. The lowest BCUT2D eigenvalue weighted by molar-refractivity contribution is 0.100. The highest BCUT2D eigenvalue weighted by Gasteiger charge is 2.20. The second-order valence-corrected chi connectivity index (χ2v) is 6.79. The van der Waals surface area contributed by atoms with E-state index < -0.39 is 11.8 Å². The number of hydrogen-bond donors (Lipinski definition) is 3. The summed E-state index contributed by atoms with van der Waals surface area (Å²) in [5.74, 6) is -1.12. The number of hydrogen-bond acceptors (Lipinski definition) is 4. The monoisotopic (exact) mass is 436 g/mol. The van der Waals surface area contributed by atoms with E-state index in [0.29, 0.717) is 33.1 Å². The maximum Gasteiger partial charge on any atom is 0.274 e. The Morgan fingerprint density at radius 2 is 2.15 bits per heavy atom. The van der Waals surface area contributed by atoms with Crippen molar-refractivity contribution in [3.63, 3.8) is 0 Å². The molecule has 0 unspecified atom stereocenters. The molecule has 0 spiro atoms. The number of nitrogens with zero attached hydrogens (tertiary/aromatic N) is 3. The first kappa shape index (κ1) is 18.2. The van der Waals surface area contributed by atoms with Crippen molar-refractivity contribution < 1.29 is 9.59 Å². The lowest BCUT2D eigenvalue weighted by Crippen LogP contribution is -2.22. The van der Waals surface area contributed by atoms with Crippen LogP contribution in [0.3, 0.4) is 0 Å². The fraction of sp³-hybridized carbons (Fsp3) is 0.125. The van der Waals surface area contributed by atoms with Crippen molar-refractivity contribution in [2.45, 2.75) is 13.5 Å². The number of rotatable bonds is 5. The van der Waals surface area contributed by atoms with Crippen LogP contribution in [0.25, 0.3) is 0 Å². The van der Waals surface area contributed by atoms with Crippen LogP contribution in [-0.4, -0.2) is 31.8 Å². The quantitative estimate of drug-likeness (QED) is 0.568. The van der Waals surface area contributed by atoms with Gasteiger partial charge in [-0.2, -0.15) is 10.2 Å². The van der Waals surface area contributed by atoms with E-state index in [9.17, 15) is 9.59 Å². The van der Waals surface area contributed by atoms with Gasteiger partial charge in [-0.3, -0.25) is 19.4 Å². The van der Waals surface area contributed by atoms with Crippen LogP contribution < -0.4 is 11.1 Å². The van der Waals surface area contributed by atoms with Crippen molar-refractivity contribution in [1.29, 1.82) is 0 Å². The summed E-state index contributed by atoms with van der Waals surface area (Å²) in [5, 5.41) is 14.1. The van der Waals surface area contributed by atoms with Crippen molar-refractivity contribution in [3.05, 3.63) is 62.6 Å². The molecule has 0 aliphatic rings. The number of benzene rings is 1. The highest BCUT2D eigenvalue weighted by atomic mass is 79.9. The van der Waals surface area contributed by atoms with Crippen molar-refractivity contribution in [2.24, 2.45) is 5.73 Å². The minimum atomic E-state index is -0.683. The Balaban J connectivity index is 1.93. The summed E-state index contributed by atoms with van der Waals surface area (Å²) in [6.07, 6.45) is 1.68. The van der Waals surface area contributed by atoms with Gasteiger partial charge in [-0.05, 0) is 46.6 Å². The van der Waals surface area contributed by atoms with E-state index in [1.165, 1.54) is 10.7 Å². The molecule has 0 atom stereocenters. The third kappa shape index (κ3) is 3.78. The largest absolute Gasteiger partial charge is 0.366 e. The molecule has 2 heterocycles. The zero-order valence-electron chi connectivity index (χ0n) is 13.6. The number of aryl methyl sites for hydroxylation is 1. The van der Waals surface area contributed by atoms with Crippen molar-refractivity contribution in [3.8, 4) is 0 Å². The summed E-state index contributed by atoms with van der Waals surface area (Å²) in [4.78, 5) is 24.5. The fourth-order valence-corrected chi connectivity index (χ4v) is 3.18. The predicted octanol–water partition coefficient (Wildman–Crippen LogP) is 2.73. The number of halogens is 2. The minimum Gasteiger partial charge on any atom is -0.366 e. The summed E-state index contributed by atoms with van der Waals surface area (Å²) in [6, 6.07) is 6.42. The molecule has 2 aromatic heterocycles. The van der Waals surface area contributed by atoms with E-state index in [4.69, 9.17) is 17.3 Å². The van der Waals surface area contributed by atoms with E-state index in [-0.39, 0.29) is 5.56 Å². The molecule has 10 heteroatoms. The summed E-state index contributed by atoms with van der Waals surface area (Å²) in [7, 11) is 0. The third-order valence-corrected chi connectivity index (χ3v) is 4.26. The molecule has 0 radical (unpaired) electrons. The molecule has 0 aliphatic heterocycles. The van der Waals surface area contributed by atoms with Crippen LogP contribution in [0.4, 0.5) is 5.69 Å². The molecular formula is C16H14BrClN6O2. The Morgan fingerprint density at radius 3 is 2.81 bits per heavy atom. The number of carbonyl (C=O) groups excluding carboxylic acids is 2. The number of carbonyl (C=O) groups is 2. The van der Waals surface area contributed by atoms with Gasteiger partial charge in [0, 0.05) is 17.3 Å². The van der Waals surface area contributed by atoms with Crippen molar-refractivity contribution in [2.75, 3.05) is 5.32 Å². The van der Waals surface area contributed by atoms with Crippen LogP contribution in [0.1, 0.15) is 32.1 Å². The van der Waals surface area contributed by atoms with Gasteiger partial charge in [0.2, 0.25) is 0 Å². The molecule has 0 bridgehead atoms. The molecule has 26 heavy (non-hydrogen) atoms. The van der Waals surface area contributed by atoms with E-state index in [1.54, 1.807) is 31.3 Å². The second kappa shape index (κ2) is 7.30. The molecule has 4 N–H and O–H groups in total. The zero-order chi connectivity index (χ0) is 18.8. The minimum absolute atomic E-state index is 0.140. The van der Waals surface area contributed by atoms with Crippen LogP contribution >= 0.6 is 27.5 Å². The van der Waals surface area contributed by atoms with Gasteiger partial charge in [0.05, 0.1) is 23.5 Å². The Kier molecular flexibility index (Phi) is 5.10. The lowest BCUT2D eigenvalue weighted by Gasteiger charge is -2.13. The Morgan fingerprint density at radius 1 is 1.38 bits per heavy atom. The van der Waals surface area contributed by atoms with Gasteiger partial charge in [-0.15, -0.1) is 0 Å². The Bertz CT molecular complexity index is 983.